The highest BCUT2D eigenvalue weighted by molar-refractivity contribution is 7.99. The zero-order chi connectivity index (χ0) is 20.3. The number of thioether (sulfide) groups is 1. The smallest absolute Gasteiger partial charge is 0.236 e. The van der Waals surface area contributed by atoms with Crippen LogP contribution < -0.4 is 5.32 Å². The summed E-state index contributed by atoms with van der Waals surface area (Å²) in [5.41, 5.74) is 1.51. The number of furan rings is 1. The van der Waals surface area contributed by atoms with Crippen molar-refractivity contribution in [3.8, 4) is 11.4 Å². The molecule has 0 aliphatic rings. The Morgan fingerprint density at radius 2 is 2.18 bits per heavy atom. The molecule has 0 radical (unpaired) electrons. The van der Waals surface area contributed by atoms with Crippen molar-refractivity contribution >= 4 is 46.7 Å². The molecule has 1 N–H and O–H groups in total. The van der Waals surface area contributed by atoms with Crippen molar-refractivity contribution in [3.05, 3.63) is 52.6 Å². The van der Waals surface area contributed by atoms with Crippen LogP contribution in [0.3, 0.4) is 0 Å². The molecule has 0 aliphatic carbocycles. The first-order valence-corrected chi connectivity index (χ1v) is 9.98. The number of anilines is 1. The van der Waals surface area contributed by atoms with E-state index >= 15 is 0 Å². The SMILES string of the molecule is C=CCn1c(SCC(=O)Nc2ncc(Cl)c(C)c2Cl)nnc1-c1ccoc1C. The van der Waals surface area contributed by atoms with E-state index in [1.54, 1.807) is 19.3 Å². The molecule has 0 saturated carbocycles. The first-order chi connectivity index (χ1) is 13.4. The van der Waals surface area contributed by atoms with Gasteiger partial charge in [0.2, 0.25) is 5.91 Å². The molecule has 3 aromatic heterocycles. The van der Waals surface area contributed by atoms with Crippen molar-refractivity contribution in [1.82, 2.24) is 19.7 Å². The summed E-state index contributed by atoms with van der Waals surface area (Å²) in [4.78, 5) is 16.4. The molecule has 1 amide bonds. The van der Waals surface area contributed by atoms with Gasteiger partial charge < -0.3 is 9.73 Å². The van der Waals surface area contributed by atoms with E-state index in [0.29, 0.717) is 33.1 Å². The van der Waals surface area contributed by atoms with E-state index in [1.807, 2.05) is 17.6 Å². The molecule has 3 heterocycles. The number of carbonyl (C=O) groups excluding carboxylic acids is 1. The Hall–Kier alpha value is -2.29. The molecule has 0 fully saturated rings. The highest BCUT2D eigenvalue weighted by Crippen LogP contribution is 2.29. The number of nitrogens with one attached hydrogen (secondary N) is 1. The molecule has 0 aliphatic heterocycles. The fourth-order valence-corrected chi connectivity index (χ4v) is 3.59. The summed E-state index contributed by atoms with van der Waals surface area (Å²) >= 11 is 13.4. The zero-order valence-corrected chi connectivity index (χ0v) is 17.5. The zero-order valence-electron chi connectivity index (χ0n) is 15.2. The Kier molecular flexibility index (Phi) is 6.43. The normalized spacial score (nSPS) is 10.9. The topological polar surface area (TPSA) is 85.8 Å². The number of hydrogen-bond donors (Lipinski definition) is 1. The third-order valence-corrected chi connectivity index (χ3v) is 5.73. The Labute approximate surface area is 176 Å². The molecule has 3 rings (SSSR count). The number of allylic oxidation sites excluding steroid dienone is 1. The molecule has 3 aromatic rings. The van der Waals surface area contributed by atoms with E-state index in [2.05, 4.69) is 27.1 Å². The number of carbonyl (C=O) groups is 1. The summed E-state index contributed by atoms with van der Waals surface area (Å²) in [5.74, 6) is 1.52. The Morgan fingerprint density at radius 3 is 2.86 bits per heavy atom. The highest BCUT2D eigenvalue weighted by Gasteiger charge is 2.18. The first kappa shape index (κ1) is 20.4. The van der Waals surface area contributed by atoms with Gasteiger partial charge in [0.1, 0.15) is 5.76 Å². The van der Waals surface area contributed by atoms with Gasteiger partial charge in [-0.2, -0.15) is 0 Å². The molecule has 10 heteroatoms. The first-order valence-electron chi connectivity index (χ1n) is 8.24. The maximum atomic E-state index is 12.3. The molecule has 28 heavy (non-hydrogen) atoms. The summed E-state index contributed by atoms with van der Waals surface area (Å²) < 4.78 is 7.22. The van der Waals surface area contributed by atoms with Crippen LogP contribution in [0.25, 0.3) is 11.4 Å². The van der Waals surface area contributed by atoms with E-state index in [1.165, 1.54) is 18.0 Å². The van der Waals surface area contributed by atoms with Gasteiger partial charge in [0.05, 0.1) is 27.6 Å². The molecular weight excluding hydrogens is 421 g/mol. The lowest BCUT2D eigenvalue weighted by Gasteiger charge is -2.09. The largest absolute Gasteiger partial charge is 0.469 e. The molecule has 0 spiro atoms. The molecular formula is C18H17Cl2N5O2S. The summed E-state index contributed by atoms with van der Waals surface area (Å²) in [6.07, 6.45) is 4.79. The van der Waals surface area contributed by atoms with Crippen LogP contribution in [0.4, 0.5) is 5.82 Å². The second-order valence-corrected chi connectivity index (χ2v) is 7.55. The minimum Gasteiger partial charge on any atom is -0.469 e. The van der Waals surface area contributed by atoms with Gasteiger partial charge in [0.25, 0.3) is 0 Å². The van der Waals surface area contributed by atoms with Crippen molar-refractivity contribution in [2.45, 2.75) is 25.5 Å². The van der Waals surface area contributed by atoms with Crippen molar-refractivity contribution < 1.29 is 9.21 Å². The molecule has 146 valence electrons. The third-order valence-electron chi connectivity index (χ3n) is 3.92. The highest BCUT2D eigenvalue weighted by atomic mass is 35.5. The van der Waals surface area contributed by atoms with Crippen LogP contribution in [0.5, 0.6) is 0 Å². The van der Waals surface area contributed by atoms with Crippen LogP contribution in [0, 0.1) is 13.8 Å². The fourth-order valence-electron chi connectivity index (χ4n) is 2.45. The maximum absolute atomic E-state index is 12.3. The molecule has 0 aromatic carbocycles. The predicted molar refractivity (Wildman–Crippen MR) is 111 cm³/mol. The lowest BCUT2D eigenvalue weighted by Crippen LogP contribution is -2.16. The van der Waals surface area contributed by atoms with E-state index < -0.39 is 0 Å². The number of nitrogens with zero attached hydrogens (tertiary/aromatic N) is 4. The maximum Gasteiger partial charge on any atom is 0.236 e. The Morgan fingerprint density at radius 1 is 1.39 bits per heavy atom. The fraction of sp³-hybridized carbons (Fsp3) is 0.222. The van der Waals surface area contributed by atoms with Crippen molar-refractivity contribution in [3.63, 3.8) is 0 Å². The van der Waals surface area contributed by atoms with Gasteiger partial charge in [-0.1, -0.05) is 41.0 Å². The average Bonchev–Trinajstić information content (AvgIpc) is 3.26. The van der Waals surface area contributed by atoms with Gasteiger partial charge in [-0.3, -0.25) is 9.36 Å². The summed E-state index contributed by atoms with van der Waals surface area (Å²) in [5, 5.41) is 12.5. The predicted octanol–water partition coefficient (Wildman–Crippen LogP) is 4.77. The lowest BCUT2D eigenvalue weighted by molar-refractivity contribution is -0.113. The monoisotopic (exact) mass is 437 g/mol. The van der Waals surface area contributed by atoms with Gasteiger partial charge in [-0.15, -0.1) is 16.8 Å². The number of hydrogen-bond acceptors (Lipinski definition) is 6. The number of pyridine rings is 1. The number of amides is 1. The van der Waals surface area contributed by atoms with E-state index in [-0.39, 0.29) is 17.5 Å². The Bertz CT molecular complexity index is 1030. The quantitative estimate of drug-likeness (QED) is 0.422. The second kappa shape index (κ2) is 8.81. The molecule has 7 nitrogen and oxygen atoms in total. The Balaban J connectivity index is 1.73. The van der Waals surface area contributed by atoms with E-state index in [9.17, 15) is 4.79 Å². The number of aromatic nitrogens is 4. The van der Waals surface area contributed by atoms with Crippen LogP contribution in [-0.2, 0) is 11.3 Å². The standard InChI is InChI=1S/C18H17Cl2N5O2S/c1-4-6-25-17(12-5-7-27-11(12)3)23-24-18(25)28-9-14(26)22-16-15(20)10(2)13(19)8-21-16/h4-5,7-8H,1,6,9H2,2-3H3,(H,21,22,26). The van der Waals surface area contributed by atoms with E-state index in [4.69, 9.17) is 27.6 Å². The molecule has 0 atom stereocenters. The van der Waals surface area contributed by atoms with Crippen LogP contribution in [-0.4, -0.2) is 31.4 Å². The third kappa shape index (κ3) is 4.24. The number of rotatable bonds is 7. The summed E-state index contributed by atoms with van der Waals surface area (Å²) in [7, 11) is 0. The van der Waals surface area contributed by atoms with Gasteiger partial charge in [0, 0.05) is 12.7 Å². The van der Waals surface area contributed by atoms with Crippen LogP contribution >= 0.6 is 35.0 Å². The van der Waals surface area contributed by atoms with Crippen LogP contribution in [0.2, 0.25) is 10.0 Å². The van der Waals surface area contributed by atoms with Gasteiger partial charge in [-0.25, -0.2) is 4.98 Å². The molecule has 0 bridgehead atoms. The van der Waals surface area contributed by atoms with Gasteiger partial charge >= 0.3 is 0 Å². The minimum absolute atomic E-state index is 0.110. The number of aryl methyl sites for hydroxylation is 1. The molecule has 0 saturated heterocycles. The lowest BCUT2D eigenvalue weighted by atomic mass is 10.2. The average molecular weight is 438 g/mol. The van der Waals surface area contributed by atoms with Gasteiger partial charge in [0.15, 0.2) is 16.8 Å². The van der Waals surface area contributed by atoms with Gasteiger partial charge in [-0.05, 0) is 25.5 Å². The molecule has 0 unspecified atom stereocenters. The van der Waals surface area contributed by atoms with Crippen molar-refractivity contribution in [2.75, 3.05) is 11.1 Å². The summed E-state index contributed by atoms with van der Waals surface area (Å²) in [6, 6.07) is 1.83. The summed E-state index contributed by atoms with van der Waals surface area (Å²) in [6.45, 7) is 7.89. The van der Waals surface area contributed by atoms with Crippen molar-refractivity contribution in [1.29, 1.82) is 0 Å². The van der Waals surface area contributed by atoms with Crippen LogP contribution in [0.15, 0.2) is 40.8 Å². The van der Waals surface area contributed by atoms with Crippen molar-refractivity contribution in [2.24, 2.45) is 0 Å². The minimum atomic E-state index is -0.268. The van der Waals surface area contributed by atoms with E-state index in [0.717, 1.165) is 11.3 Å². The van der Waals surface area contributed by atoms with Crippen LogP contribution in [0.1, 0.15) is 11.3 Å². The number of halogens is 2. The second-order valence-electron chi connectivity index (χ2n) is 5.83.